The van der Waals surface area contributed by atoms with Gasteiger partial charge in [0.25, 0.3) is 17.4 Å². The van der Waals surface area contributed by atoms with Crippen LogP contribution in [-0.4, -0.2) is 17.4 Å². The molecule has 0 saturated heterocycles. The minimum Gasteiger partial charge on any atom is -0.466 e. The summed E-state index contributed by atoms with van der Waals surface area (Å²) < 4.78 is 5.64. The Kier molecular flexibility index (Phi) is 3.80. The maximum atomic E-state index is 12.4. The van der Waals surface area contributed by atoms with Crippen molar-refractivity contribution in [1.29, 1.82) is 0 Å². The van der Waals surface area contributed by atoms with Crippen molar-refractivity contribution in [2.24, 2.45) is 0 Å². The van der Waals surface area contributed by atoms with Crippen LogP contribution in [0.25, 0.3) is 0 Å². The summed E-state index contributed by atoms with van der Waals surface area (Å²) >= 11 is 7.41. The van der Waals surface area contributed by atoms with Crippen molar-refractivity contribution in [3.05, 3.63) is 45.6 Å². The largest absolute Gasteiger partial charge is 0.466 e. The molecular formula is C15H13ClN2O3S. The fraction of sp³-hybridized carbons (Fsp3) is 0.200. The SMILES string of the molecule is CC1(C(=O)NCc2cccs2)Oc2ccc(Cl)cc2NC1=O. The van der Waals surface area contributed by atoms with Crippen molar-refractivity contribution >= 4 is 40.4 Å². The van der Waals surface area contributed by atoms with Gasteiger partial charge in [0.05, 0.1) is 12.2 Å². The van der Waals surface area contributed by atoms with E-state index in [2.05, 4.69) is 10.6 Å². The average molecular weight is 337 g/mol. The molecule has 0 spiro atoms. The monoisotopic (exact) mass is 336 g/mol. The molecule has 2 amide bonds. The Bertz CT molecular complexity index is 732. The zero-order chi connectivity index (χ0) is 15.7. The van der Waals surface area contributed by atoms with Gasteiger partial charge in [0.2, 0.25) is 0 Å². The van der Waals surface area contributed by atoms with E-state index < -0.39 is 17.4 Å². The second-order valence-corrected chi connectivity index (χ2v) is 6.46. The number of thiophene rings is 1. The Morgan fingerprint density at radius 3 is 3.00 bits per heavy atom. The highest BCUT2D eigenvalue weighted by Gasteiger charge is 2.47. The van der Waals surface area contributed by atoms with Crippen LogP contribution < -0.4 is 15.4 Å². The van der Waals surface area contributed by atoms with Gasteiger partial charge in [-0.15, -0.1) is 11.3 Å². The number of benzene rings is 1. The maximum Gasteiger partial charge on any atom is 0.278 e. The Labute approximate surface area is 136 Å². The lowest BCUT2D eigenvalue weighted by Crippen LogP contribution is -2.58. The van der Waals surface area contributed by atoms with Crippen LogP contribution >= 0.6 is 22.9 Å². The fourth-order valence-electron chi connectivity index (χ4n) is 2.10. The van der Waals surface area contributed by atoms with Crippen LogP contribution in [0.15, 0.2) is 35.7 Å². The number of carbonyl (C=O) groups excluding carboxylic acids is 2. The van der Waals surface area contributed by atoms with E-state index in [-0.39, 0.29) is 0 Å². The Balaban J connectivity index is 1.78. The highest BCUT2D eigenvalue weighted by molar-refractivity contribution is 7.09. The molecule has 2 aromatic rings. The molecule has 1 aliphatic rings. The molecule has 0 saturated carbocycles. The van der Waals surface area contributed by atoms with Gasteiger partial charge in [0, 0.05) is 9.90 Å². The summed E-state index contributed by atoms with van der Waals surface area (Å²) in [4.78, 5) is 25.6. The van der Waals surface area contributed by atoms with E-state index in [1.54, 1.807) is 18.2 Å². The Morgan fingerprint density at radius 2 is 2.27 bits per heavy atom. The van der Waals surface area contributed by atoms with Crippen LogP contribution in [0.1, 0.15) is 11.8 Å². The van der Waals surface area contributed by atoms with Crippen molar-refractivity contribution in [3.8, 4) is 5.75 Å². The molecule has 3 rings (SSSR count). The van der Waals surface area contributed by atoms with E-state index in [0.717, 1.165) is 4.88 Å². The number of hydrogen-bond donors (Lipinski definition) is 2. The molecule has 1 aliphatic heterocycles. The van der Waals surface area contributed by atoms with Gasteiger partial charge >= 0.3 is 0 Å². The first kappa shape index (κ1) is 14.9. The quantitative estimate of drug-likeness (QED) is 0.847. The van der Waals surface area contributed by atoms with Crippen molar-refractivity contribution in [1.82, 2.24) is 5.32 Å². The van der Waals surface area contributed by atoms with Crippen LogP contribution in [0, 0.1) is 0 Å². The molecule has 5 nitrogen and oxygen atoms in total. The minimum atomic E-state index is -1.61. The number of carbonyl (C=O) groups is 2. The van der Waals surface area contributed by atoms with E-state index in [4.69, 9.17) is 16.3 Å². The summed E-state index contributed by atoms with van der Waals surface area (Å²) in [6.07, 6.45) is 0. The molecule has 1 aromatic carbocycles. The fourth-order valence-corrected chi connectivity index (χ4v) is 2.91. The molecule has 7 heteroatoms. The van der Waals surface area contributed by atoms with Gasteiger partial charge in [0.15, 0.2) is 0 Å². The number of anilines is 1. The normalized spacial score (nSPS) is 19.8. The third-order valence-corrected chi connectivity index (χ3v) is 4.49. The van der Waals surface area contributed by atoms with Crippen LogP contribution in [0.3, 0.4) is 0 Å². The van der Waals surface area contributed by atoms with E-state index in [9.17, 15) is 9.59 Å². The Hall–Kier alpha value is -2.05. The number of rotatable bonds is 3. The van der Waals surface area contributed by atoms with E-state index in [0.29, 0.717) is 23.0 Å². The van der Waals surface area contributed by atoms with Crippen molar-refractivity contribution in [2.75, 3.05) is 5.32 Å². The summed E-state index contributed by atoms with van der Waals surface area (Å²) in [6.45, 7) is 1.81. The number of fused-ring (bicyclic) bond motifs is 1. The lowest BCUT2D eigenvalue weighted by atomic mass is 10.0. The second kappa shape index (κ2) is 5.62. The van der Waals surface area contributed by atoms with E-state index in [1.165, 1.54) is 18.3 Å². The van der Waals surface area contributed by atoms with Crippen molar-refractivity contribution in [2.45, 2.75) is 19.1 Å². The smallest absolute Gasteiger partial charge is 0.278 e. The molecule has 22 heavy (non-hydrogen) atoms. The highest BCUT2D eigenvalue weighted by atomic mass is 35.5. The van der Waals surface area contributed by atoms with Crippen molar-refractivity contribution < 1.29 is 14.3 Å². The average Bonchev–Trinajstić information content (AvgIpc) is 2.99. The summed E-state index contributed by atoms with van der Waals surface area (Å²) in [5.74, 6) is -0.595. The molecule has 1 atom stereocenters. The molecule has 0 radical (unpaired) electrons. The summed E-state index contributed by atoms with van der Waals surface area (Å²) in [6, 6.07) is 8.66. The molecule has 2 heterocycles. The number of ether oxygens (including phenoxy) is 1. The minimum absolute atomic E-state index is 0.357. The van der Waals surface area contributed by atoms with Crippen LogP contribution in [0.4, 0.5) is 5.69 Å². The molecule has 0 bridgehead atoms. The molecule has 0 aliphatic carbocycles. The highest BCUT2D eigenvalue weighted by Crippen LogP contribution is 2.35. The van der Waals surface area contributed by atoms with Gasteiger partial charge in [0.1, 0.15) is 5.75 Å². The van der Waals surface area contributed by atoms with Crippen LogP contribution in [-0.2, 0) is 16.1 Å². The second-order valence-electron chi connectivity index (χ2n) is 4.99. The standard InChI is InChI=1S/C15H13ClN2O3S/c1-15(13(19)17-8-10-3-2-6-22-10)14(20)18-11-7-9(16)4-5-12(11)21-15/h2-7H,8H2,1H3,(H,17,19)(H,18,20). The van der Waals surface area contributed by atoms with Crippen LogP contribution in [0.2, 0.25) is 5.02 Å². The molecule has 0 fully saturated rings. The van der Waals surface area contributed by atoms with E-state index in [1.807, 2.05) is 17.5 Å². The first-order chi connectivity index (χ1) is 10.5. The van der Waals surface area contributed by atoms with Crippen molar-refractivity contribution in [3.63, 3.8) is 0 Å². The number of halogens is 1. The van der Waals surface area contributed by atoms with E-state index >= 15 is 0 Å². The maximum absolute atomic E-state index is 12.4. The topological polar surface area (TPSA) is 67.4 Å². The van der Waals surface area contributed by atoms with Gasteiger partial charge in [-0.2, -0.15) is 0 Å². The summed E-state index contributed by atoms with van der Waals surface area (Å²) in [5, 5.41) is 7.79. The molecule has 1 unspecified atom stereocenters. The molecule has 114 valence electrons. The first-order valence-corrected chi connectivity index (χ1v) is 7.85. The van der Waals surface area contributed by atoms with Gasteiger partial charge in [-0.25, -0.2) is 0 Å². The first-order valence-electron chi connectivity index (χ1n) is 6.60. The predicted molar refractivity (Wildman–Crippen MR) is 85.3 cm³/mol. The lowest BCUT2D eigenvalue weighted by Gasteiger charge is -2.33. The molecule has 1 aromatic heterocycles. The zero-order valence-electron chi connectivity index (χ0n) is 11.7. The third kappa shape index (κ3) is 2.67. The number of nitrogens with one attached hydrogen (secondary N) is 2. The number of hydrogen-bond acceptors (Lipinski definition) is 4. The summed E-state index contributed by atoms with van der Waals surface area (Å²) in [7, 11) is 0. The lowest BCUT2D eigenvalue weighted by molar-refractivity contribution is -0.146. The zero-order valence-corrected chi connectivity index (χ0v) is 13.3. The van der Waals surface area contributed by atoms with Gasteiger partial charge in [-0.05, 0) is 36.6 Å². The predicted octanol–water partition coefficient (Wildman–Crippen LogP) is 2.81. The Morgan fingerprint density at radius 1 is 1.45 bits per heavy atom. The molecule has 2 N–H and O–H groups in total. The third-order valence-electron chi connectivity index (χ3n) is 3.37. The molecular weight excluding hydrogens is 324 g/mol. The summed E-state index contributed by atoms with van der Waals surface area (Å²) in [5.41, 5.74) is -1.15. The van der Waals surface area contributed by atoms with Crippen LogP contribution in [0.5, 0.6) is 5.75 Å². The number of amides is 2. The van der Waals surface area contributed by atoms with Gasteiger partial charge < -0.3 is 15.4 Å². The van der Waals surface area contributed by atoms with Gasteiger partial charge in [-0.3, -0.25) is 9.59 Å². The van der Waals surface area contributed by atoms with Gasteiger partial charge in [-0.1, -0.05) is 17.7 Å².